The molecule has 0 unspecified atom stereocenters. The van der Waals surface area contributed by atoms with Crippen LogP contribution in [0.15, 0.2) is 61.1 Å². The summed E-state index contributed by atoms with van der Waals surface area (Å²) in [4.78, 5) is 38.4. The first-order valence-electron chi connectivity index (χ1n) is 13.4. The average molecular weight is 598 g/mol. The van der Waals surface area contributed by atoms with Crippen LogP contribution in [-0.4, -0.2) is 81.4 Å². The van der Waals surface area contributed by atoms with E-state index < -0.39 is 6.61 Å². The highest BCUT2D eigenvalue weighted by Gasteiger charge is 2.32. The van der Waals surface area contributed by atoms with Crippen molar-refractivity contribution in [1.29, 1.82) is 0 Å². The molecule has 6 rings (SSSR count). The van der Waals surface area contributed by atoms with E-state index in [0.717, 1.165) is 35.5 Å². The Morgan fingerprint density at radius 2 is 1.76 bits per heavy atom. The first-order chi connectivity index (χ1) is 19.9. The van der Waals surface area contributed by atoms with Crippen molar-refractivity contribution in [3.63, 3.8) is 0 Å². The summed E-state index contributed by atoms with van der Waals surface area (Å²) in [6.07, 6.45) is 5.98. The predicted octanol–water partition coefficient (Wildman–Crippen LogP) is 4.12. The number of halogens is 3. The van der Waals surface area contributed by atoms with E-state index in [-0.39, 0.29) is 36.0 Å². The van der Waals surface area contributed by atoms with Crippen LogP contribution in [0.3, 0.4) is 0 Å². The Labute approximate surface area is 247 Å². The molecule has 2 N–H and O–H groups in total. The number of hydrogen-bond donors (Lipinski definition) is 2. The van der Waals surface area contributed by atoms with Crippen molar-refractivity contribution in [1.82, 2.24) is 29.5 Å². The van der Waals surface area contributed by atoms with E-state index in [2.05, 4.69) is 25.3 Å². The number of alkyl halides is 2. The van der Waals surface area contributed by atoms with Gasteiger partial charge >= 0.3 is 6.61 Å². The summed E-state index contributed by atoms with van der Waals surface area (Å²) >= 11 is 0. The van der Waals surface area contributed by atoms with Gasteiger partial charge in [-0.2, -0.15) is 8.78 Å². The van der Waals surface area contributed by atoms with Crippen LogP contribution < -0.4 is 15.4 Å². The number of carbonyl (C=O) groups is 2. The number of imidazole rings is 1. The maximum atomic E-state index is 13.3. The zero-order valence-corrected chi connectivity index (χ0v) is 23.6. The summed E-state index contributed by atoms with van der Waals surface area (Å²) in [7, 11) is 0. The smallest absolute Gasteiger partial charge is 0.387 e. The number of rotatable bonds is 7. The van der Waals surface area contributed by atoms with E-state index in [4.69, 9.17) is 0 Å². The maximum absolute atomic E-state index is 13.3. The van der Waals surface area contributed by atoms with Crippen LogP contribution in [0.2, 0.25) is 0 Å². The van der Waals surface area contributed by atoms with Crippen molar-refractivity contribution in [2.75, 3.05) is 38.0 Å². The minimum absolute atomic E-state index is 0. The Morgan fingerprint density at radius 1 is 1.05 bits per heavy atom. The summed E-state index contributed by atoms with van der Waals surface area (Å²) in [5, 5.41) is 6.44. The van der Waals surface area contributed by atoms with Crippen LogP contribution in [0.1, 0.15) is 22.3 Å². The fourth-order valence-corrected chi connectivity index (χ4v) is 5.17. The Balaban J connectivity index is 0.00000353. The number of carbonyl (C=O) groups excluding carboxylic acids is 2. The Morgan fingerprint density at radius 3 is 2.40 bits per heavy atom. The molecule has 1 atom stereocenters. The van der Waals surface area contributed by atoms with E-state index in [9.17, 15) is 18.4 Å². The lowest BCUT2D eigenvalue weighted by atomic mass is 10.0. The van der Waals surface area contributed by atoms with Crippen LogP contribution in [0.5, 0.6) is 5.75 Å². The largest absolute Gasteiger partial charge is 0.435 e. The van der Waals surface area contributed by atoms with Gasteiger partial charge in [-0.25, -0.2) is 9.97 Å². The molecule has 0 aliphatic carbocycles. The van der Waals surface area contributed by atoms with Gasteiger partial charge in [0, 0.05) is 55.4 Å². The summed E-state index contributed by atoms with van der Waals surface area (Å²) in [5.74, 6) is 0.681. The first kappa shape index (κ1) is 29.2. The number of nitrogens with one attached hydrogen (secondary N) is 2. The van der Waals surface area contributed by atoms with Gasteiger partial charge in [0.25, 0.3) is 5.91 Å². The minimum Gasteiger partial charge on any atom is -0.435 e. The van der Waals surface area contributed by atoms with Crippen molar-refractivity contribution in [2.45, 2.75) is 26.0 Å². The van der Waals surface area contributed by atoms with Crippen molar-refractivity contribution < 1.29 is 23.1 Å². The van der Waals surface area contributed by atoms with Gasteiger partial charge in [0.05, 0.1) is 17.9 Å². The molecule has 0 radical (unpaired) electrons. The highest BCUT2D eigenvalue weighted by molar-refractivity contribution is 5.96. The summed E-state index contributed by atoms with van der Waals surface area (Å²) < 4.78 is 31.3. The van der Waals surface area contributed by atoms with Crippen LogP contribution in [0.4, 0.5) is 20.3 Å². The van der Waals surface area contributed by atoms with E-state index in [0.29, 0.717) is 43.2 Å². The average Bonchev–Trinajstić information content (AvgIpc) is 3.37. The summed E-state index contributed by atoms with van der Waals surface area (Å²) in [6.45, 7) is 1.98. The third-order valence-corrected chi connectivity index (χ3v) is 7.52. The number of anilines is 2. The molecule has 4 aromatic rings. The fourth-order valence-electron chi connectivity index (χ4n) is 5.17. The number of ether oxygens (including phenoxy) is 1. The molecular formula is C29H30ClF2N7O3. The molecule has 2 aromatic heterocycles. The second-order valence-electron chi connectivity index (χ2n) is 10.1. The van der Waals surface area contributed by atoms with E-state index in [1.807, 2.05) is 28.4 Å². The molecule has 2 aromatic carbocycles. The van der Waals surface area contributed by atoms with Gasteiger partial charge in [-0.15, -0.1) is 12.4 Å². The number of hydrogen-bond acceptors (Lipinski definition) is 7. The highest BCUT2D eigenvalue weighted by atomic mass is 35.5. The lowest BCUT2D eigenvalue weighted by Gasteiger charge is -2.38. The van der Waals surface area contributed by atoms with Gasteiger partial charge in [0.1, 0.15) is 5.75 Å². The molecule has 2 aliphatic heterocycles. The minimum atomic E-state index is -2.88. The van der Waals surface area contributed by atoms with Gasteiger partial charge in [0.2, 0.25) is 5.91 Å². The van der Waals surface area contributed by atoms with Gasteiger partial charge < -0.3 is 25.2 Å². The Hall–Kier alpha value is -4.29. The second-order valence-corrected chi connectivity index (χ2v) is 10.1. The third-order valence-electron chi connectivity index (χ3n) is 7.52. The predicted molar refractivity (Wildman–Crippen MR) is 156 cm³/mol. The lowest BCUT2D eigenvalue weighted by molar-refractivity contribution is -0.136. The topological polar surface area (TPSA) is 104 Å². The number of fused-ring (bicyclic) bond motifs is 1. The molecular weight excluding hydrogens is 568 g/mol. The number of piperazine rings is 1. The molecule has 0 saturated carbocycles. The number of nitrogens with zero attached hydrogens (tertiary/aromatic N) is 5. The molecule has 2 amide bonds. The van der Waals surface area contributed by atoms with Crippen LogP contribution in [-0.2, 0) is 4.79 Å². The zero-order valence-electron chi connectivity index (χ0n) is 22.8. The number of benzene rings is 2. The number of amides is 2. The van der Waals surface area contributed by atoms with Gasteiger partial charge in [-0.1, -0.05) is 0 Å². The van der Waals surface area contributed by atoms with Gasteiger partial charge in [-0.3, -0.25) is 14.0 Å². The molecule has 10 nitrogen and oxygen atoms in total. The normalized spacial score (nSPS) is 16.6. The maximum Gasteiger partial charge on any atom is 0.387 e. The molecule has 0 bridgehead atoms. The van der Waals surface area contributed by atoms with Crippen LogP contribution in [0.25, 0.3) is 16.9 Å². The van der Waals surface area contributed by atoms with Crippen LogP contribution >= 0.6 is 12.4 Å². The van der Waals surface area contributed by atoms with Gasteiger partial charge in [0.15, 0.2) is 11.5 Å². The number of aryl methyl sites for hydroxylation is 1. The standard InChI is InChI=1S/C29H29F2N7O3.ClH/c1-18-16-20(4-7-22(18)27(39)36-12-14-37(15-13-36)28(40)23-8-9-32-23)35-25-26-34-17-24(38(26)11-10-33-25)19-2-5-21(6-3-19)41-29(30)31;/h2-7,10-11,16-17,23,29,32H,8-9,12-15H2,1H3,(H,33,35);1H/t23-;/m0./s1. The monoisotopic (exact) mass is 597 g/mol. The van der Waals surface area contributed by atoms with Crippen molar-refractivity contribution in [2.24, 2.45) is 0 Å². The first-order valence-corrected chi connectivity index (χ1v) is 13.4. The Kier molecular flexibility index (Phi) is 8.55. The highest BCUT2D eigenvalue weighted by Crippen LogP contribution is 2.28. The Bertz CT molecular complexity index is 1590. The van der Waals surface area contributed by atoms with E-state index in [1.165, 1.54) is 12.1 Å². The zero-order chi connectivity index (χ0) is 28.5. The molecule has 42 heavy (non-hydrogen) atoms. The SMILES string of the molecule is Cc1cc(Nc2nccn3c(-c4ccc(OC(F)F)cc4)cnc23)ccc1C(=O)N1CCN(C(=O)[C@@H]2CCN2)CC1.Cl. The van der Waals surface area contributed by atoms with E-state index >= 15 is 0 Å². The van der Waals surface area contributed by atoms with Crippen molar-refractivity contribution >= 4 is 41.4 Å². The second kappa shape index (κ2) is 12.3. The van der Waals surface area contributed by atoms with Crippen molar-refractivity contribution in [3.8, 4) is 17.0 Å². The molecule has 2 fully saturated rings. The molecule has 220 valence electrons. The molecule has 0 spiro atoms. The van der Waals surface area contributed by atoms with Crippen molar-refractivity contribution in [3.05, 3.63) is 72.2 Å². The lowest BCUT2D eigenvalue weighted by Crippen LogP contribution is -2.59. The quantitative estimate of drug-likeness (QED) is 0.330. The van der Waals surface area contributed by atoms with Crippen LogP contribution in [0, 0.1) is 6.92 Å². The third kappa shape index (κ3) is 5.86. The van der Waals surface area contributed by atoms with Gasteiger partial charge in [-0.05, 0) is 67.9 Å². The molecule has 13 heteroatoms. The molecule has 2 saturated heterocycles. The summed E-state index contributed by atoms with van der Waals surface area (Å²) in [5.41, 5.74) is 4.31. The van der Waals surface area contributed by atoms with E-state index in [1.54, 1.807) is 41.7 Å². The molecule has 2 aliphatic rings. The number of aromatic nitrogens is 3. The summed E-state index contributed by atoms with van der Waals surface area (Å²) in [6, 6.07) is 11.8. The fraction of sp³-hybridized carbons (Fsp3) is 0.310. The molecule has 4 heterocycles.